The number of hydrogen-bond donors (Lipinski definition) is 1. The Hall–Kier alpha value is -3.63. The molecule has 0 aliphatic carbocycles. The molecule has 4 rings (SSSR count). The van der Waals surface area contributed by atoms with E-state index in [2.05, 4.69) is 20.3 Å². The van der Waals surface area contributed by atoms with Gasteiger partial charge in [0.2, 0.25) is 5.91 Å². The van der Waals surface area contributed by atoms with Crippen molar-refractivity contribution in [2.24, 2.45) is 0 Å². The van der Waals surface area contributed by atoms with E-state index in [4.69, 9.17) is 21.1 Å². The largest absolute Gasteiger partial charge is 0.497 e. The number of fused-ring (bicyclic) bond motifs is 1. The molecule has 0 radical (unpaired) electrons. The number of amides is 1. The number of benzene rings is 2. The van der Waals surface area contributed by atoms with Gasteiger partial charge in [-0.15, -0.1) is 0 Å². The molecule has 0 spiro atoms. The summed E-state index contributed by atoms with van der Waals surface area (Å²) in [6.45, 7) is 0.175. The molecule has 2 aromatic carbocycles. The lowest BCUT2D eigenvalue weighted by molar-refractivity contribution is -0.113. The molecule has 174 valence electrons. The van der Waals surface area contributed by atoms with Gasteiger partial charge in [-0.3, -0.25) is 14.2 Å². The van der Waals surface area contributed by atoms with Gasteiger partial charge in [0, 0.05) is 23.5 Å². The van der Waals surface area contributed by atoms with Crippen molar-refractivity contribution in [3.63, 3.8) is 0 Å². The summed E-state index contributed by atoms with van der Waals surface area (Å²) >= 11 is 7.42. The highest BCUT2D eigenvalue weighted by Gasteiger charge is 2.17. The van der Waals surface area contributed by atoms with E-state index >= 15 is 0 Å². The Morgan fingerprint density at radius 2 is 1.91 bits per heavy atom. The molecule has 1 N–H and O–H groups in total. The maximum atomic E-state index is 13.2. The zero-order valence-corrected chi connectivity index (χ0v) is 19.9. The first-order chi connectivity index (χ1) is 16.5. The van der Waals surface area contributed by atoms with Gasteiger partial charge in [0.15, 0.2) is 16.3 Å². The van der Waals surface area contributed by atoms with Gasteiger partial charge < -0.3 is 14.8 Å². The second-order valence-corrected chi connectivity index (χ2v) is 8.36. The van der Waals surface area contributed by atoms with Crippen LogP contribution in [0.15, 0.2) is 64.8 Å². The van der Waals surface area contributed by atoms with E-state index in [0.29, 0.717) is 27.4 Å². The van der Waals surface area contributed by atoms with Crippen LogP contribution in [0.2, 0.25) is 5.02 Å². The fourth-order valence-corrected chi connectivity index (χ4v) is 4.18. The van der Waals surface area contributed by atoms with Gasteiger partial charge in [0.1, 0.15) is 11.5 Å². The summed E-state index contributed by atoms with van der Waals surface area (Å²) in [5.74, 6) is 0.767. The van der Waals surface area contributed by atoms with Gasteiger partial charge in [-0.05, 0) is 23.8 Å². The second kappa shape index (κ2) is 10.5. The number of thioether (sulfide) groups is 1. The molecule has 0 aliphatic rings. The van der Waals surface area contributed by atoms with Crippen molar-refractivity contribution >= 4 is 46.1 Å². The van der Waals surface area contributed by atoms with E-state index in [-0.39, 0.29) is 34.9 Å². The number of halogens is 1. The summed E-state index contributed by atoms with van der Waals surface area (Å²) in [4.78, 5) is 38.6. The molecule has 0 saturated heterocycles. The number of nitrogens with one attached hydrogen (secondary N) is 1. The quantitative estimate of drug-likeness (QED) is 0.290. The number of rotatable bonds is 8. The van der Waals surface area contributed by atoms with Crippen molar-refractivity contribution < 1.29 is 14.3 Å². The molecule has 1 amide bonds. The van der Waals surface area contributed by atoms with Crippen LogP contribution in [-0.4, -0.2) is 45.4 Å². The number of carbonyl (C=O) groups is 1. The maximum absolute atomic E-state index is 13.2. The molecular formula is C23H20ClN5O4S. The van der Waals surface area contributed by atoms with Crippen LogP contribution in [0, 0.1) is 0 Å². The van der Waals surface area contributed by atoms with Gasteiger partial charge in [-0.2, -0.15) is 0 Å². The Kier molecular flexibility index (Phi) is 7.29. The van der Waals surface area contributed by atoms with Crippen LogP contribution in [0.5, 0.6) is 11.5 Å². The number of anilines is 1. The third-order valence-electron chi connectivity index (χ3n) is 4.86. The molecular weight excluding hydrogens is 478 g/mol. The Morgan fingerprint density at radius 3 is 2.68 bits per heavy atom. The van der Waals surface area contributed by atoms with Gasteiger partial charge in [-0.25, -0.2) is 15.0 Å². The minimum Gasteiger partial charge on any atom is -0.497 e. The van der Waals surface area contributed by atoms with E-state index < -0.39 is 0 Å². The van der Waals surface area contributed by atoms with Gasteiger partial charge in [0.25, 0.3) is 5.56 Å². The van der Waals surface area contributed by atoms with Crippen molar-refractivity contribution in [3.05, 3.63) is 75.8 Å². The maximum Gasteiger partial charge on any atom is 0.282 e. The topological polar surface area (TPSA) is 108 Å². The normalized spacial score (nSPS) is 10.8. The summed E-state index contributed by atoms with van der Waals surface area (Å²) in [7, 11) is 3.05. The van der Waals surface area contributed by atoms with Gasteiger partial charge in [0.05, 0.1) is 32.2 Å². The predicted octanol–water partition coefficient (Wildman–Crippen LogP) is 3.64. The third-order valence-corrected chi connectivity index (χ3v) is 6.21. The highest BCUT2D eigenvalue weighted by molar-refractivity contribution is 7.99. The van der Waals surface area contributed by atoms with Crippen LogP contribution in [-0.2, 0) is 11.3 Å². The summed E-state index contributed by atoms with van der Waals surface area (Å²) in [6, 6.07) is 12.3. The molecule has 0 saturated carbocycles. The first kappa shape index (κ1) is 23.5. The van der Waals surface area contributed by atoms with Crippen molar-refractivity contribution in [1.29, 1.82) is 0 Å². The summed E-state index contributed by atoms with van der Waals surface area (Å²) in [5.41, 5.74) is 1.23. The number of methoxy groups -OCH3 is 2. The Balaban J connectivity index is 1.60. The minimum absolute atomic E-state index is 0.00405. The number of hydrogen-bond acceptors (Lipinski definition) is 8. The molecule has 34 heavy (non-hydrogen) atoms. The van der Waals surface area contributed by atoms with Crippen LogP contribution in [0.4, 0.5) is 5.69 Å². The highest BCUT2D eigenvalue weighted by Crippen LogP contribution is 2.29. The first-order valence-corrected chi connectivity index (χ1v) is 11.5. The van der Waals surface area contributed by atoms with E-state index in [0.717, 1.165) is 17.3 Å². The number of ether oxygens (including phenoxy) is 2. The fraction of sp³-hybridized carbons (Fsp3) is 0.174. The zero-order chi connectivity index (χ0) is 24.1. The predicted molar refractivity (Wildman–Crippen MR) is 131 cm³/mol. The number of nitrogens with zero attached hydrogens (tertiary/aromatic N) is 4. The Labute approximate surface area is 204 Å². The molecule has 2 heterocycles. The summed E-state index contributed by atoms with van der Waals surface area (Å²) < 4.78 is 12.0. The van der Waals surface area contributed by atoms with Crippen molar-refractivity contribution in [3.8, 4) is 11.5 Å². The smallest absolute Gasteiger partial charge is 0.282 e. The van der Waals surface area contributed by atoms with E-state index in [9.17, 15) is 9.59 Å². The standard InChI is InChI=1S/C23H20ClN5O4S/c1-32-15-7-8-17(18(11-15)33-2)27-19(30)13-34-23-28-21-20(25-9-10-26-21)22(31)29(23)12-14-5-3-4-6-16(14)24/h3-11H,12-13H2,1-2H3,(H,27,30). The molecule has 11 heteroatoms. The lowest BCUT2D eigenvalue weighted by Gasteiger charge is -2.14. The average Bonchev–Trinajstić information content (AvgIpc) is 2.86. The monoisotopic (exact) mass is 497 g/mol. The third kappa shape index (κ3) is 5.13. The van der Waals surface area contributed by atoms with Crippen LogP contribution >= 0.6 is 23.4 Å². The van der Waals surface area contributed by atoms with Crippen molar-refractivity contribution in [2.45, 2.75) is 11.7 Å². The van der Waals surface area contributed by atoms with Gasteiger partial charge >= 0.3 is 0 Å². The lowest BCUT2D eigenvalue weighted by Crippen LogP contribution is -2.26. The average molecular weight is 498 g/mol. The minimum atomic E-state index is -0.363. The molecule has 0 fully saturated rings. The first-order valence-electron chi connectivity index (χ1n) is 10.1. The summed E-state index contributed by atoms with van der Waals surface area (Å²) in [5, 5.41) is 3.66. The molecule has 9 nitrogen and oxygen atoms in total. The van der Waals surface area contributed by atoms with Crippen molar-refractivity contribution in [2.75, 3.05) is 25.3 Å². The second-order valence-electron chi connectivity index (χ2n) is 7.01. The summed E-state index contributed by atoms with van der Waals surface area (Å²) in [6.07, 6.45) is 2.90. The van der Waals surface area contributed by atoms with E-state index in [1.165, 1.54) is 24.1 Å². The lowest BCUT2D eigenvalue weighted by atomic mass is 10.2. The van der Waals surface area contributed by atoms with Crippen LogP contribution in [0.1, 0.15) is 5.56 Å². The SMILES string of the molecule is COc1ccc(NC(=O)CSc2nc3nccnc3c(=O)n2Cc2ccccc2Cl)c(OC)c1. The van der Waals surface area contributed by atoms with Crippen LogP contribution in [0.3, 0.4) is 0 Å². The fourth-order valence-electron chi connectivity index (χ4n) is 3.19. The van der Waals surface area contributed by atoms with E-state index in [1.807, 2.05) is 18.2 Å². The molecule has 0 bridgehead atoms. The Morgan fingerprint density at radius 1 is 1.12 bits per heavy atom. The number of aromatic nitrogens is 4. The van der Waals surface area contributed by atoms with Gasteiger partial charge in [-0.1, -0.05) is 41.6 Å². The molecule has 0 atom stereocenters. The Bertz CT molecular complexity index is 1410. The van der Waals surface area contributed by atoms with E-state index in [1.54, 1.807) is 31.4 Å². The molecule has 0 unspecified atom stereocenters. The zero-order valence-electron chi connectivity index (χ0n) is 18.3. The van der Waals surface area contributed by atoms with Crippen LogP contribution in [0.25, 0.3) is 11.2 Å². The van der Waals surface area contributed by atoms with Crippen molar-refractivity contribution in [1.82, 2.24) is 19.5 Å². The highest BCUT2D eigenvalue weighted by atomic mass is 35.5. The molecule has 0 aliphatic heterocycles. The molecule has 2 aromatic heterocycles. The molecule has 4 aromatic rings. The van der Waals surface area contributed by atoms with Crippen LogP contribution < -0.4 is 20.3 Å². The number of carbonyl (C=O) groups excluding carboxylic acids is 1.